The zero-order valence-electron chi connectivity index (χ0n) is 11.8. The zero-order valence-corrected chi connectivity index (χ0v) is 11.8. The summed E-state index contributed by atoms with van der Waals surface area (Å²) < 4.78 is 1.98. The maximum atomic E-state index is 6.00. The number of anilines is 1. The minimum Gasteiger partial charge on any atom is -0.383 e. The van der Waals surface area contributed by atoms with Crippen LogP contribution >= 0.6 is 0 Å². The highest BCUT2D eigenvalue weighted by atomic mass is 15.3. The number of nitrogen functional groups attached to an aromatic ring is 1. The van der Waals surface area contributed by atoms with Gasteiger partial charge in [-0.1, -0.05) is 13.8 Å². The SMILES string of the molecule is CCCc1nc(N)c(C)c(-c2ccnn2CCC)n1. The molecule has 0 saturated heterocycles. The number of hydrogen-bond donors (Lipinski definition) is 1. The predicted molar refractivity (Wildman–Crippen MR) is 76.7 cm³/mol. The van der Waals surface area contributed by atoms with E-state index >= 15 is 0 Å². The van der Waals surface area contributed by atoms with Crippen LogP contribution in [-0.4, -0.2) is 19.7 Å². The van der Waals surface area contributed by atoms with E-state index in [2.05, 4.69) is 28.9 Å². The highest BCUT2D eigenvalue weighted by Gasteiger charge is 2.14. The number of nitrogens with zero attached hydrogens (tertiary/aromatic N) is 4. The van der Waals surface area contributed by atoms with Crippen molar-refractivity contribution in [2.45, 2.75) is 46.6 Å². The molecule has 5 heteroatoms. The van der Waals surface area contributed by atoms with Gasteiger partial charge in [0.2, 0.25) is 0 Å². The molecule has 19 heavy (non-hydrogen) atoms. The van der Waals surface area contributed by atoms with Crippen molar-refractivity contribution in [1.82, 2.24) is 19.7 Å². The van der Waals surface area contributed by atoms with Gasteiger partial charge >= 0.3 is 0 Å². The van der Waals surface area contributed by atoms with Crippen molar-refractivity contribution < 1.29 is 0 Å². The molecular weight excluding hydrogens is 238 g/mol. The van der Waals surface area contributed by atoms with Crippen molar-refractivity contribution >= 4 is 5.82 Å². The fraction of sp³-hybridized carbons (Fsp3) is 0.500. The minimum absolute atomic E-state index is 0.567. The number of aromatic nitrogens is 4. The van der Waals surface area contributed by atoms with Gasteiger partial charge in [-0.2, -0.15) is 5.10 Å². The molecule has 2 N–H and O–H groups in total. The molecule has 0 unspecified atom stereocenters. The summed E-state index contributed by atoms with van der Waals surface area (Å²) in [6.45, 7) is 7.09. The third-order valence-corrected chi connectivity index (χ3v) is 3.10. The quantitative estimate of drug-likeness (QED) is 0.896. The normalized spacial score (nSPS) is 10.9. The van der Waals surface area contributed by atoms with E-state index in [1.165, 1.54) is 0 Å². The van der Waals surface area contributed by atoms with Crippen LogP contribution in [0, 0.1) is 6.92 Å². The van der Waals surface area contributed by atoms with E-state index in [4.69, 9.17) is 5.73 Å². The maximum Gasteiger partial charge on any atom is 0.131 e. The summed E-state index contributed by atoms with van der Waals surface area (Å²) in [6, 6.07) is 1.99. The van der Waals surface area contributed by atoms with E-state index < -0.39 is 0 Å². The van der Waals surface area contributed by atoms with Gasteiger partial charge in [-0.05, 0) is 25.8 Å². The summed E-state index contributed by atoms with van der Waals surface area (Å²) in [5.41, 5.74) is 8.85. The molecule has 2 aromatic rings. The second-order valence-corrected chi connectivity index (χ2v) is 4.69. The lowest BCUT2D eigenvalue weighted by Gasteiger charge is -2.11. The fourth-order valence-corrected chi connectivity index (χ4v) is 2.09. The van der Waals surface area contributed by atoms with Crippen LogP contribution < -0.4 is 5.73 Å². The molecule has 2 aromatic heterocycles. The molecule has 0 fully saturated rings. The summed E-state index contributed by atoms with van der Waals surface area (Å²) in [7, 11) is 0. The van der Waals surface area contributed by atoms with Crippen molar-refractivity contribution in [3.8, 4) is 11.4 Å². The van der Waals surface area contributed by atoms with Crippen molar-refractivity contribution in [3.05, 3.63) is 23.7 Å². The minimum atomic E-state index is 0.567. The Morgan fingerprint density at radius 1 is 1.21 bits per heavy atom. The Labute approximate surface area is 113 Å². The van der Waals surface area contributed by atoms with Gasteiger partial charge in [0.05, 0.1) is 11.4 Å². The van der Waals surface area contributed by atoms with Crippen LogP contribution in [0.3, 0.4) is 0 Å². The Balaban J connectivity index is 2.50. The Morgan fingerprint density at radius 2 is 2.00 bits per heavy atom. The predicted octanol–water partition coefficient (Wildman–Crippen LogP) is 2.59. The lowest BCUT2D eigenvalue weighted by Crippen LogP contribution is -2.08. The van der Waals surface area contributed by atoms with Gasteiger partial charge < -0.3 is 5.73 Å². The Bertz CT molecular complexity index is 559. The van der Waals surface area contributed by atoms with Crippen molar-refractivity contribution in [2.75, 3.05) is 5.73 Å². The molecule has 5 nitrogen and oxygen atoms in total. The Morgan fingerprint density at radius 3 is 2.68 bits per heavy atom. The molecule has 0 atom stereocenters. The second kappa shape index (κ2) is 5.82. The summed E-state index contributed by atoms with van der Waals surface area (Å²) >= 11 is 0. The molecular formula is C14H21N5. The van der Waals surface area contributed by atoms with E-state index in [1.54, 1.807) is 0 Å². The maximum absolute atomic E-state index is 6.00. The first-order chi connectivity index (χ1) is 9.17. The first-order valence-corrected chi connectivity index (χ1v) is 6.82. The first kappa shape index (κ1) is 13.5. The summed E-state index contributed by atoms with van der Waals surface area (Å²) in [5, 5.41) is 4.34. The van der Waals surface area contributed by atoms with Gasteiger partial charge in [0.15, 0.2) is 0 Å². The molecule has 0 radical (unpaired) electrons. The monoisotopic (exact) mass is 259 g/mol. The average molecular weight is 259 g/mol. The molecule has 102 valence electrons. The molecule has 2 heterocycles. The fourth-order valence-electron chi connectivity index (χ4n) is 2.09. The number of hydrogen-bond acceptors (Lipinski definition) is 4. The standard InChI is InChI=1S/C14H21N5/c1-4-6-12-17-13(10(3)14(15)18-12)11-7-8-16-19(11)9-5-2/h7-8H,4-6,9H2,1-3H3,(H2,15,17,18). The summed E-state index contributed by atoms with van der Waals surface area (Å²) in [4.78, 5) is 9.00. The lowest BCUT2D eigenvalue weighted by molar-refractivity contribution is 0.607. The molecule has 0 aliphatic carbocycles. The van der Waals surface area contributed by atoms with Crippen LogP contribution in [0.2, 0.25) is 0 Å². The molecule has 0 aliphatic rings. The van der Waals surface area contributed by atoms with Crippen LogP contribution in [0.4, 0.5) is 5.82 Å². The Kier molecular flexibility index (Phi) is 4.14. The summed E-state index contributed by atoms with van der Waals surface area (Å²) in [5.74, 6) is 1.38. The van der Waals surface area contributed by atoms with Gasteiger partial charge in [0, 0.05) is 24.7 Å². The summed E-state index contributed by atoms with van der Waals surface area (Å²) in [6.07, 6.45) is 4.70. The van der Waals surface area contributed by atoms with Gasteiger partial charge in [0.1, 0.15) is 11.6 Å². The van der Waals surface area contributed by atoms with Crippen LogP contribution in [0.25, 0.3) is 11.4 Å². The molecule has 0 aromatic carbocycles. The number of aryl methyl sites for hydroxylation is 2. The van der Waals surface area contributed by atoms with E-state index in [0.29, 0.717) is 5.82 Å². The highest BCUT2D eigenvalue weighted by molar-refractivity contribution is 5.64. The first-order valence-electron chi connectivity index (χ1n) is 6.82. The lowest BCUT2D eigenvalue weighted by atomic mass is 10.1. The third-order valence-electron chi connectivity index (χ3n) is 3.10. The van der Waals surface area contributed by atoms with Gasteiger partial charge in [0.25, 0.3) is 0 Å². The molecule has 0 spiro atoms. The molecule has 0 saturated carbocycles. The van der Waals surface area contributed by atoms with E-state index in [-0.39, 0.29) is 0 Å². The molecule has 2 rings (SSSR count). The average Bonchev–Trinajstić information content (AvgIpc) is 2.82. The van der Waals surface area contributed by atoms with Crippen molar-refractivity contribution in [1.29, 1.82) is 0 Å². The van der Waals surface area contributed by atoms with Crippen molar-refractivity contribution in [2.24, 2.45) is 0 Å². The largest absolute Gasteiger partial charge is 0.383 e. The number of nitrogens with two attached hydrogens (primary N) is 1. The van der Waals surface area contributed by atoms with E-state index in [0.717, 1.165) is 48.6 Å². The Hall–Kier alpha value is -1.91. The van der Waals surface area contributed by atoms with Gasteiger partial charge in [-0.3, -0.25) is 4.68 Å². The number of rotatable bonds is 5. The van der Waals surface area contributed by atoms with Crippen LogP contribution in [0.15, 0.2) is 12.3 Å². The zero-order chi connectivity index (χ0) is 13.8. The van der Waals surface area contributed by atoms with Crippen molar-refractivity contribution in [3.63, 3.8) is 0 Å². The van der Waals surface area contributed by atoms with Crippen LogP contribution in [-0.2, 0) is 13.0 Å². The molecule has 0 amide bonds. The molecule has 0 aliphatic heterocycles. The second-order valence-electron chi connectivity index (χ2n) is 4.69. The smallest absolute Gasteiger partial charge is 0.131 e. The third kappa shape index (κ3) is 2.75. The highest BCUT2D eigenvalue weighted by Crippen LogP contribution is 2.24. The van der Waals surface area contributed by atoms with Gasteiger partial charge in [-0.25, -0.2) is 9.97 Å². The van der Waals surface area contributed by atoms with E-state index in [1.807, 2.05) is 23.9 Å². The van der Waals surface area contributed by atoms with Crippen LogP contribution in [0.1, 0.15) is 38.1 Å². The topological polar surface area (TPSA) is 69.6 Å². The van der Waals surface area contributed by atoms with E-state index in [9.17, 15) is 0 Å². The van der Waals surface area contributed by atoms with Gasteiger partial charge in [-0.15, -0.1) is 0 Å². The molecule has 0 bridgehead atoms. The van der Waals surface area contributed by atoms with Crippen LogP contribution in [0.5, 0.6) is 0 Å².